The van der Waals surface area contributed by atoms with Crippen molar-refractivity contribution >= 4 is 5.69 Å². The van der Waals surface area contributed by atoms with E-state index in [1.165, 1.54) is 6.07 Å². The summed E-state index contributed by atoms with van der Waals surface area (Å²) in [6.45, 7) is 2.57. The summed E-state index contributed by atoms with van der Waals surface area (Å²) in [5, 5.41) is 0. The van der Waals surface area contributed by atoms with E-state index in [0.717, 1.165) is 17.7 Å². The Kier molecular flexibility index (Phi) is 4.79. The zero-order valence-corrected chi connectivity index (χ0v) is 12.0. The van der Waals surface area contributed by atoms with E-state index in [1.54, 1.807) is 12.3 Å². The van der Waals surface area contributed by atoms with Gasteiger partial charge in [-0.3, -0.25) is 0 Å². The monoisotopic (exact) mass is 276 g/mol. The first-order valence-corrected chi connectivity index (χ1v) is 6.88. The quantitative estimate of drug-likeness (QED) is 0.880. The van der Waals surface area contributed by atoms with E-state index in [4.69, 9.17) is 10.2 Å². The molecule has 1 aromatic heterocycles. The lowest BCUT2D eigenvalue weighted by Gasteiger charge is -2.23. The van der Waals surface area contributed by atoms with Gasteiger partial charge in [0.2, 0.25) is 0 Å². The lowest BCUT2D eigenvalue weighted by atomic mass is 10.0. The number of nitrogens with two attached hydrogens (primary N) is 1. The number of hydrogen-bond donors (Lipinski definition) is 1. The second-order valence-corrected chi connectivity index (χ2v) is 5.06. The molecule has 4 heteroatoms. The first-order valence-electron chi connectivity index (χ1n) is 6.88. The van der Waals surface area contributed by atoms with Crippen LogP contribution < -0.4 is 10.6 Å². The van der Waals surface area contributed by atoms with Crippen LogP contribution in [0.2, 0.25) is 0 Å². The molecular weight excluding hydrogens is 255 g/mol. The first-order chi connectivity index (χ1) is 9.61. The molecule has 0 aliphatic rings. The second-order valence-electron chi connectivity index (χ2n) is 5.06. The molecule has 0 aliphatic carbocycles. The zero-order chi connectivity index (χ0) is 14.5. The highest BCUT2D eigenvalue weighted by Crippen LogP contribution is 2.26. The third-order valence-electron chi connectivity index (χ3n) is 3.43. The fourth-order valence-electron chi connectivity index (χ4n) is 2.29. The normalized spacial score (nSPS) is 12.4. The van der Waals surface area contributed by atoms with E-state index in [2.05, 4.69) is 0 Å². The molecule has 2 N–H and O–H groups in total. The highest BCUT2D eigenvalue weighted by molar-refractivity contribution is 5.54. The molecule has 1 aromatic carbocycles. The molecule has 1 atom stereocenters. The van der Waals surface area contributed by atoms with Gasteiger partial charge in [0.15, 0.2) is 0 Å². The van der Waals surface area contributed by atoms with Crippen molar-refractivity contribution in [2.75, 3.05) is 11.9 Å². The van der Waals surface area contributed by atoms with Gasteiger partial charge in [0, 0.05) is 13.1 Å². The van der Waals surface area contributed by atoms with E-state index >= 15 is 0 Å². The second kappa shape index (κ2) is 6.57. The minimum atomic E-state index is -0.222. The molecule has 0 radical (unpaired) electrons. The lowest BCUT2D eigenvalue weighted by molar-refractivity contribution is 0.505. The topological polar surface area (TPSA) is 42.4 Å². The standard InChI is InChI=1S/C16H21FN2O/c1-3-13(18)10-12-6-4-8-15(17)16(12)19(2)11-14-7-5-9-20-14/h4-9,13H,3,10-11,18H2,1-2H3. The van der Waals surface area contributed by atoms with E-state index < -0.39 is 0 Å². The number of benzene rings is 1. The zero-order valence-electron chi connectivity index (χ0n) is 12.0. The van der Waals surface area contributed by atoms with Gasteiger partial charge < -0.3 is 15.1 Å². The molecule has 0 bridgehead atoms. The van der Waals surface area contributed by atoms with Crippen LogP contribution in [-0.2, 0) is 13.0 Å². The predicted octanol–water partition coefficient (Wildman–Crippen LogP) is 3.33. The van der Waals surface area contributed by atoms with Crippen LogP contribution >= 0.6 is 0 Å². The van der Waals surface area contributed by atoms with Crippen LogP contribution in [0.15, 0.2) is 41.0 Å². The molecule has 0 saturated carbocycles. The molecular formula is C16H21FN2O. The number of para-hydroxylation sites is 1. The average Bonchev–Trinajstić information content (AvgIpc) is 2.91. The summed E-state index contributed by atoms with van der Waals surface area (Å²) in [5.41, 5.74) is 7.54. The Bertz CT molecular complexity index is 539. The van der Waals surface area contributed by atoms with Crippen LogP contribution in [0.25, 0.3) is 0 Å². The Morgan fingerprint density at radius 3 is 2.75 bits per heavy atom. The van der Waals surface area contributed by atoms with Crippen molar-refractivity contribution in [2.24, 2.45) is 5.73 Å². The van der Waals surface area contributed by atoms with Crippen LogP contribution in [0.4, 0.5) is 10.1 Å². The maximum absolute atomic E-state index is 14.2. The van der Waals surface area contributed by atoms with E-state index in [9.17, 15) is 4.39 Å². The van der Waals surface area contributed by atoms with Crippen LogP contribution in [0, 0.1) is 5.82 Å². The number of halogens is 1. The number of anilines is 1. The molecule has 1 unspecified atom stereocenters. The Balaban J connectivity index is 2.24. The van der Waals surface area contributed by atoms with Crippen LogP contribution in [-0.4, -0.2) is 13.1 Å². The lowest BCUT2D eigenvalue weighted by Crippen LogP contribution is -2.25. The third-order valence-corrected chi connectivity index (χ3v) is 3.43. The van der Waals surface area contributed by atoms with Crippen molar-refractivity contribution in [1.82, 2.24) is 0 Å². The number of nitrogens with zero attached hydrogens (tertiary/aromatic N) is 1. The van der Waals surface area contributed by atoms with Crippen LogP contribution in [0.5, 0.6) is 0 Å². The van der Waals surface area contributed by atoms with Gasteiger partial charge in [0.05, 0.1) is 18.5 Å². The average molecular weight is 276 g/mol. The van der Waals surface area contributed by atoms with Gasteiger partial charge in [-0.05, 0) is 36.6 Å². The largest absolute Gasteiger partial charge is 0.467 e. The predicted molar refractivity (Wildman–Crippen MR) is 79.2 cm³/mol. The summed E-state index contributed by atoms with van der Waals surface area (Å²) < 4.78 is 19.5. The maximum Gasteiger partial charge on any atom is 0.146 e. The molecule has 2 rings (SSSR count). The van der Waals surface area contributed by atoms with Crippen molar-refractivity contribution in [1.29, 1.82) is 0 Å². The summed E-state index contributed by atoms with van der Waals surface area (Å²) in [5.74, 6) is 0.585. The fourth-order valence-corrected chi connectivity index (χ4v) is 2.29. The number of rotatable bonds is 6. The SMILES string of the molecule is CCC(N)Cc1cccc(F)c1N(C)Cc1ccco1. The Hall–Kier alpha value is -1.81. The summed E-state index contributed by atoms with van der Waals surface area (Å²) in [6, 6.07) is 8.92. The van der Waals surface area contributed by atoms with Crippen molar-refractivity contribution in [3.8, 4) is 0 Å². The smallest absolute Gasteiger partial charge is 0.146 e. The Labute approximate surface area is 119 Å². The highest BCUT2D eigenvalue weighted by Gasteiger charge is 2.15. The molecule has 2 aromatic rings. The van der Waals surface area contributed by atoms with Gasteiger partial charge in [-0.1, -0.05) is 19.1 Å². The molecule has 0 amide bonds. The minimum Gasteiger partial charge on any atom is -0.467 e. The molecule has 108 valence electrons. The van der Waals surface area contributed by atoms with Crippen LogP contribution in [0.3, 0.4) is 0 Å². The molecule has 20 heavy (non-hydrogen) atoms. The van der Waals surface area contributed by atoms with E-state index in [0.29, 0.717) is 18.7 Å². The molecule has 0 aliphatic heterocycles. The van der Waals surface area contributed by atoms with Crippen LogP contribution in [0.1, 0.15) is 24.7 Å². The van der Waals surface area contributed by atoms with Gasteiger partial charge in [-0.15, -0.1) is 0 Å². The van der Waals surface area contributed by atoms with Crippen molar-refractivity contribution in [2.45, 2.75) is 32.4 Å². The summed E-state index contributed by atoms with van der Waals surface area (Å²) in [6.07, 6.45) is 3.17. The van der Waals surface area contributed by atoms with Gasteiger partial charge >= 0.3 is 0 Å². The highest BCUT2D eigenvalue weighted by atomic mass is 19.1. The first kappa shape index (κ1) is 14.6. The number of furan rings is 1. The molecule has 0 spiro atoms. The molecule has 0 fully saturated rings. The van der Waals surface area contributed by atoms with Gasteiger partial charge in [-0.25, -0.2) is 4.39 Å². The van der Waals surface area contributed by atoms with Crippen molar-refractivity contribution in [3.05, 3.63) is 53.7 Å². The van der Waals surface area contributed by atoms with Crippen molar-refractivity contribution < 1.29 is 8.81 Å². The van der Waals surface area contributed by atoms with E-state index in [1.807, 2.05) is 37.1 Å². The summed E-state index contributed by atoms with van der Waals surface area (Å²) in [4.78, 5) is 1.87. The minimum absolute atomic E-state index is 0.0487. The Morgan fingerprint density at radius 1 is 1.30 bits per heavy atom. The van der Waals surface area contributed by atoms with Crippen molar-refractivity contribution in [3.63, 3.8) is 0 Å². The van der Waals surface area contributed by atoms with Gasteiger partial charge in [-0.2, -0.15) is 0 Å². The summed E-state index contributed by atoms with van der Waals surface area (Å²) >= 11 is 0. The molecule has 1 heterocycles. The Morgan fingerprint density at radius 2 is 2.10 bits per heavy atom. The molecule has 3 nitrogen and oxygen atoms in total. The fraction of sp³-hybridized carbons (Fsp3) is 0.375. The molecule has 0 saturated heterocycles. The van der Waals surface area contributed by atoms with Gasteiger partial charge in [0.1, 0.15) is 11.6 Å². The summed E-state index contributed by atoms with van der Waals surface area (Å²) in [7, 11) is 1.86. The van der Waals surface area contributed by atoms with Gasteiger partial charge in [0.25, 0.3) is 0 Å². The third kappa shape index (κ3) is 3.39. The van der Waals surface area contributed by atoms with E-state index in [-0.39, 0.29) is 11.9 Å². The number of hydrogen-bond acceptors (Lipinski definition) is 3. The maximum atomic E-state index is 14.2.